The Kier molecular flexibility index (Phi) is 2.49. The molecule has 0 aromatic carbocycles. The molecule has 0 atom stereocenters. The summed E-state index contributed by atoms with van der Waals surface area (Å²) in [7, 11) is 0. The number of fused-ring (bicyclic) bond motifs is 1. The van der Waals surface area contributed by atoms with Gasteiger partial charge in [-0.3, -0.25) is 9.78 Å². The molecule has 0 bridgehead atoms. The highest BCUT2D eigenvalue weighted by molar-refractivity contribution is 6.05. The SMILES string of the molecule is O=C(Nc1cccn2ccnc12)c1cccnc1. The molecule has 1 amide bonds. The molecule has 0 aliphatic heterocycles. The number of amides is 1. The van der Waals surface area contributed by atoms with Crippen molar-refractivity contribution in [2.75, 3.05) is 5.32 Å². The molecule has 0 saturated carbocycles. The maximum Gasteiger partial charge on any atom is 0.257 e. The second kappa shape index (κ2) is 4.29. The van der Waals surface area contributed by atoms with E-state index in [1.165, 1.54) is 6.20 Å². The summed E-state index contributed by atoms with van der Waals surface area (Å²) in [6.45, 7) is 0. The van der Waals surface area contributed by atoms with Crippen LogP contribution in [0.4, 0.5) is 5.69 Å². The fourth-order valence-corrected chi connectivity index (χ4v) is 1.74. The standard InChI is InChI=1S/C13H10N4O/c18-13(10-3-1-5-14-9-10)16-11-4-2-7-17-8-6-15-12(11)17/h1-9H,(H,16,18). The van der Waals surface area contributed by atoms with E-state index < -0.39 is 0 Å². The van der Waals surface area contributed by atoms with Gasteiger partial charge >= 0.3 is 0 Å². The highest BCUT2D eigenvalue weighted by Crippen LogP contribution is 2.15. The summed E-state index contributed by atoms with van der Waals surface area (Å²) in [4.78, 5) is 20.1. The minimum atomic E-state index is -0.195. The maximum atomic E-state index is 12.0. The lowest BCUT2D eigenvalue weighted by atomic mass is 10.2. The molecule has 0 aliphatic carbocycles. The number of hydrogen-bond acceptors (Lipinski definition) is 3. The van der Waals surface area contributed by atoms with Crippen LogP contribution in [0.15, 0.2) is 55.2 Å². The van der Waals surface area contributed by atoms with E-state index in [-0.39, 0.29) is 5.91 Å². The predicted molar refractivity (Wildman–Crippen MR) is 67.4 cm³/mol. The normalized spacial score (nSPS) is 10.4. The minimum Gasteiger partial charge on any atom is -0.319 e. The van der Waals surface area contributed by atoms with Crippen LogP contribution in [-0.2, 0) is 0 Å². The number of pyridine rings is 2. The van der Waals surface area contributed by atoms with Crippen LogP contribution in [-0.4, -0.2) is 20.3 Å². The molecular formula is C13H10N4O. The quantitative estimate of drug-likeness (QED) is 0.742. The molecule has 1 N–H and O–H groups in total. The number of nitrogens with zero attached hydrogens (tertiary/aromatic N) is 3. The molecule has 0 radical (unpaired) electrons. The fraction of sp³-hybridized carbons (Fsp3) is 0. The van der Waals surface area contributed by atoms with Crippen LogP contribution in [0.2, 0.25) is 0 Å². The van der Waals surface area contributed by atoms with Gasteiger partial charge in [0.25, 0.3) is 5.91 Å². The first kappa shape index (κ1) is 10.5. The molecular weight excluding hydrogens is 228 g/mol. The van der Waals surface area contributed by atoms with Gasteiger partial charge in [-0.1, -0.05) is 0 Å². The Bertz CT molecular complexity index is 690. The number of carbonyl (C=O) groups excluding carboxylic acids is 1. The van der Waals surface area contributed by atoms with E-state index in [1.807, 2.05) is 28.9 Å². The Morgan fingerprint density at radius 2 is 2.11 bits per heavy atom. The summed E-state index contributed by atoms with van der Waals surface area (Å²) >= 11 is 0. The van der Waals surface area contributed by atoms with Crippen molar-refractivity contribution in [1.82, 2.24) is 14.4 Å². The molecule has 18 heavy (non-hydrogen) atoms. The Labute approximate surface area is 103 Å². The summed E-state index contributed by atoms with van der Waals surface area (Å²) in [6.07, 6.45) is 8.55. The average Bonchev–Trinajstić information content (AvgIpc) is 2.89. The number of nitrogens with one attached hydrogen (secondary N) is 1. The van der Waals surface area contributed by atoms with Crippen molar-refractivity contribution in [2.45, 2.75) is 0 Å². The van der Waals surface area contributed by atoms with E-state index in [0.29, 0.717) is 11.3 Å². The molecule has 3 rings (SSSR count). The second-order valence-electron chi connectivity index (χ2n) is 3.78. The van der Waals surface area contributed by atoms with Crippen LogP contribution in [0.1, 0.15) is 10.4 Å². The fourth-order valence-electron chi connectivity index (χ4n) is 1.74. The van der Waals surface area contributed by atoms with Gasteiger partial charge in [-0.15, -0.1) is 0 Å². The van der Waals surface area contributed by atoms with Crippen LogP contribution < -0.4 is 5.32 Å². The third-order valence-electron chi connectivity index (χ3n) is 2.59. The number of hydrogen-bond donors (Lipinski definition) is 1. The number of rotatable bonds is 2. The Hall–Kier alpha value is -2.69. The van der Waals surface area contributed by atoms with Crippen molar-refractivity contribution >= 4 is 17.2 Å². The molecule has 0 spiro atoms. The Balaban J connectivity index is 1.93. The zero-order valence-corrected chi connectivity index (χ0v) is 9.45. The lowest BCUT2D eigenvalue weighted by molar-refractivity contribution is 0.102. The van der Waals surface area contributed by atoms with Crippen molar-refractivity contribution in [3.05, 3.63) is 60.8 Å². The van der Waals surface area contributed by atoms with Gasteiger partial charge < -0.3 is 9.72 Å². The van der Waals surface area contributed by atoms with Gasteiger partial charge in [0.15, 0.2) is 5.65 Å². The van der Waals surface area contributed by atoms with Crippen LogP contribution in [0.5, 0.6) is 0 Å². The van der Waals surface area contributed by atoms with Crippen LogP contribution in [0.25, 0.3) is 5.65 Å². The summed E-state index contributed by atoms with van der Waals surface area (Å²) in [5, 5.41) is 2.83. The van der Waals surface area contributed by atoms with E-state index in [2.05, 4.69) is 15.3 Å². The van der Waals surface area contributed by atoms with Crippen LogP contribution in [0.3, 0.4) is 0 Å². The van der Waals surface area contributed by atoms with Crippen molar-refractivity contribution < 1.29 is 4.79 Å². The number of anilines is 1. The van der Waals surface area contributed by atoms with Crippen LogP contribution >= 0.6 is 0 Å². The summed E-state index contributed by atoms with van der Waals surface area (Å²) in [5.74, 6) is -0.195. The van der Waals surface area contributed by atoms with E-state index in [9.17, 15) is 4.79 Å². The predicted octanol–water partition coefficient (Wildman–Crippen LogP) is 1.98. The van der Waals surface area contributed by atoms with E-state index in [1.54, 1.807) is 24.5 Å². The van der Waals surface area contributed by atoms with Gasteiger partial charge in [-0.05, 0) is 24.3 Å². The maximum absolute atomic E-state index is 12.0. The smallest absolute Gasteiger partial charge is 0.257 e. The topological polar surface area (TPSA) is 59.3 Å². The number of aromatic nitrogens is 3. The highest BCUT2D eigenvalue weighted by Gasteiger charge is 2.08. The zero-order chi connectivity index (χ0) is 12.4. The van der Waals surface area contributed by atoms with Gasteiger partial charge in [0.2, 0.25) is 0 Å². The molecule has 0 aliphatic rings. The molecule has 88 valence electrons. The molecule has 3 aromatic heterocycles. The van der Waals surface area contributed by atoms with Gasteiger partial charge in [-0.2, -0.15) is 0 Å². The van der Waals surface area contributed by atoms with E-state index in [4.69, 9.17) is 0 Å². The molecule has 3 aromatic rings. The first-order valence-corrected chi connectivity index (χ1v) is 5.48. The first-order valence-electron chi connectivity index (χ1n) is 5.48. The summed E-state index contributed by atoms with van der Waals surface area (Å²) in [6, 6.07) is 7.11. The molecule has 0 saturated heterocycles. The van der Waals surface area contributed by atoms with E-state index >= 15 is 0 Å². The van der Waals surface area contributed by atoms with Gasteiger partial charge in [0, 0.05) is 31.0 Å². The third-order valence-corrected chi connectivity index (χ3v) is 2.59. The van der Waals surface area contributed by atoms with E-state index in [0.717, 1.165) is 5.65 Å². The zero-order valence-electron chi connectivity index (χ0n) is 9.45. The molecule has 5 nitrogen and oxygen atoms in total. The summed E-state index contributed by atoms with van der Waals surface area (Å²) in [5.41, 5.74) is 1.91. The monoisotopic (exact) mass is 238 g/mol. The molecule has 0 unspecified atom stereocenters. The average molecular weight is 238 g/mol. The molecule has 3 heterocycles. The van der Waals surface area contributed by atoms with Gasteiger partial charge in [0.1, 0.15) is 0 Å². The Morgan fingerprint density at radius 1 is 1.17 bits per heavy atom. The Morgan fingerprint density at radius 3 is 2.94 bits per heavy atom. The molecule has 0 fully saturated rings. The van der Waals surface area contributed by atoms with Crippen molar-refractivity contribution in [3.63, 3.8) is 0 Å². The largest absolute Gasteiger partial charge is 0.319 e. The number of imidazole rings is 1. The first-order chi connectivity index (χ1) is 8.84. The second-order valence-corrected chi connectivity index (χ2v) is 3.78. The van der Waals surface area contributed by atoms with Crippen molar-refractivity contribution in [2.24, 2.45) is 0 Å². The minimum absolute atomic E-state index is 0.195. The number of carbonyl (C=O) groups is 1. The lowest BCUT2D eigenvalue weighted by Gasteiger charge is -2.06. The van der Waals surface area contributed by atoms with Crippen molar-refractivity contribution in [3.8, 4) is 0 Å². The van der Waals surface area contributed by atoms with Gasteiger partial charge in [-0.25, -0.2) is 4.98 Å². The van der Waals surface area contributed by atoms with Crippen molar-refractivity contribution in [1.29, 1.82) is 0 Å². The lowest BCUT2D eigenvalue weighted by Crippen LogP contribution is -2.12. The summed E-state index contributed by atoms with van der Waals surface area (Å²) < 4.78 is 1.85. The van der Waals surface area contributed by atoms with Gasteiger partial charge in [0.05, 0.1) is 11.3 Å². The van der Waals surface area contributed by atoms with Crippen LogP contribution in [0, 0.1) is 0 Å². The highest BCUT2D eigenvalue weighted by atomic mass is 16.1. The third kappa shape index (κ3) is 1.82. The molecule has 5 heteroatoms.